The van der Waals surface area contributed by atoms with Crippen LogP contribution in [-0.2, 0) is 19.9 Å². The molecule has 8 heteroatoms. The lowest BCUT2D eigenvalue weighted by molar-refractivity contribution is 0.267. The van der Waals surface area contributed by atoms with E-state index in [1.165, 1.54) is 0 Å². The molecule has 2 rings (SSSR count). The van der Waals surface area contributed by atoms with Crippen LogP contribution in [0.4, 0.5) is 0 Å². The summed E-state index contributed by atoms with van der Waals surface area (Å²) < 4.78 is 50.0. The van der Waals surface area contributed by atoms with Crippen LogP contribution in [0, 0.1) is 0 Å². The van der Waals surface area contributed by atoms with Crippen LogP contribution in [0.2, 0.25) is 0 Å². The first-order valence-corrected chi connectivity index (χ1v) is 10.6. The third-order valence-corrected chi connectivity index (χ3v) is 8.52. The Bertz CT molecular complexity index is 510. The lowest BCUT2D eigenvalue weighted by atomic mass is 10.1. The van der Waals surface area contributed by atoms with E-state index in [4.69, 9.17) is 0 Å². The van der Waals surface area contributed by atoms with Gasteiger partial charge in [-0.05, 0) is 38.8 Å². The Kier molecular flexibility index (Phi) is 5.09. The van der Waals surface area contributed by atoms with Gasteiger partial charge in [0.2, 0.25) is 10.0 Å². The summed E-state index contributed by atoms with van der Waals surface area (Å²) >= 11 is 0. The van der Waals surface area contributed by atoms with Crippen molar-refractivity contribution in [3.05, 3.63) is 0 Å². The maximum atomic E-state index is 12.7. The van der Waals surface area contributed by atoms with Gasteiger partial charge in [-0.15, -0.1) is 0 Å². The zero-order valence-electron chi connectivity index (χ0n) is 11.9. The average Bonchev–Trinajstić information content (AvgIpc) is 2.40. The summed E-state index contributed by atoms with van der Waals surface area (Å²) in [6, 6.07) is 0.0600. The van der Waals surface area contributed by atoms with E-state index in [-0.39, 0.29) is 30.4 Å². The minimum absolute atomic E-state index is 0.000668. The van der Waals surface area contributed by atoms with E-state index in [1.807, 2.05) is 6.92 Å². The number of hydrogen-bond donors (Lipinski definition) is 1. The normalized spacial score (nSPS) is 25.9. The van der Waals surface area contributed by atoms with Crippen LogP contribution in [0.15, 0.2) is 0 Å². The first-order chi connectivity index (χ1) is 9.37. The van der Waals surface area contributed by atoms with Crippen molar-refractivity contribution in [2.45, 2.75) is 43.9 Å². The molecule has 0 atom stereocenters. The highest BCUT2D eigenvalue weighted by atomic mass is 32.2. The van der Waals surface area contributed by atoms with Crippen LogP contribution < -0.4 is 5.32 Å². The molecule has 0 radical (unpaired) electrons. The Hall–Kier alpha value is -0.180. The van der Waals surface area contributed by atoms with Gasteiger partial charge in [-0.3, -0.25) is 0 Å². The summed E-state index contributed by atoms with van der Waals surface area (Å²) in [5, 5.41) is 2.71. The molecular formula is C12H24N2O4S2. The predicted octanol–water partition coefficient (Wildman–Crippen LogP) is -0.0327. The number of nitrogens with zero attached hydrogens (tertiary/aromatic N) is 1. The van der Waals surface area contributed by atoms with E-state index in [0.29, 0.717) is 6.54 Å². The first kappa shape index (κ1) is 16.2. The molecule has 0 aromatic carbocycles. The van der Waals surface area contributed by atoms with Gasteiger partial charge in [-0.2, -0.15) is 4.31 Å². The zero-order chi connectivity index (χ0) is 14.8. The summed E-state index contributed by atoms with van der Waals surface area (Å²) in [6.45, 7) is 4.01. The number of hydrogen-bond acceptors (Lipinski definition) is 5. The molecule has 0 saturated carbocycles. The van der Waals surface area contributed by atoms with Crippen molar-refractivity contribution in [2.24, 2.45) is 0 Å². The first-order valence-electron chi connectivity index (χ1n) is 7.28. The summed E-state index contributed by atoms with van der Waals surface area (Å²) in [5.41, 5.74) is 0. The second kappa shape index (κ2) is 6.29. The highest BCUT2D eigenvalue weighted by Gasteiger charge is 2.39. The number of sulfone groups is 1. The molecule has 0 aliphatic carbocycles. The molecule has 0 spiro atoms. The van der Waals surface area contributed by atoms with E-state index < -0.39 is 25.1 Å². The fraction of sp³-hybridized carbons (Fsp3) is 1.00. The molecule has 2 saturated heterocycles. The van der Waals surface area contributed by atoms with Crippen LogP contribution >= 0.6 is 0 Å². The molecule has 2 fully saturated rings. The van der Waals surface area contributed by atoms with Gasteiger partial charge in [-0.25, -0.2) is 16.8 Å². The molecule has 2 aliphatic rings. The van der Waals surface area contributed by atoms with Crippen molar-refractivity contribution >= 4 is 19.9 Å². The molecule has 0 unspecified atom stereocenters. The summed E-state index contributed by atoms with van der Waals surface area (Å²) in [4.78, 5) is 0. The third-order valence-electron chi connectivity index (χ3n) is 4.28. The molecule has 2 heterocycles. The molecule has 1 N–H and O–H groups in total. The number of nitrogens with one attached hydrogen (secondary N) is 1. The van der Waals surface area contributed by atoms with E-state index in [0.717, 1.165) is 25.9 Å². The fourth-order valence-electron chi connectivity index (χ4n) is 3.10. The molecule has 6 nitrogen and oxygen atoms in total. The smallest absolute Gasteiger partial charge is 0.217 e. The SMILES string of the molecule is CCN(C1CCNCC1)S(=O)(=O)C1CCS(=O)(=O)CC1. The standard InChI is InChI=1S/C12H24N2O4S2/c1-2-14(11-3-7-13-8-4-11)20(17,18)12-5-9-19(15,16)10-6-12/h11-13H,2-10H2,1H3. The molecule has 2 aliphatic heterocycles. The maximum Gasteiger partial charge on any atom is 0.217 e. The second-order valence-electron chi connectivity index (χ2n) is 5.58. The average molecular weight is 324 g/mol. The summed E-state index contributed by atoms with van der Waals surface area (Å²) in [5.74, 6) is 0.00134. The van der Waals surface area contributed by atoms with Crippen molar-refractivity contribution in [1.29, 1.82) is 0 Å². The van der Waals surface area contributed by atoms with Crippen molar-refractivity contribution in [2.75, 3.05) is 31.1 Å². The monoisotopic (exact) mass is 324 g/mol. The topological polar surface area (TPSA) is 83.6 Å². The molecule has 0 aromatic rings. The van der Waals surface area contributed by atoms with Gasteiger partial charge in [0, 0.05) is 12.6 Å². The highest BCUT2D eigenvalue weighted by Crippen LogP contribution is 2.26. The van der Waals surface area contributed by atoms with E-state index in [2.05, 4.69) is 5.32 Å². The van der Waals surface area contributed by atoms with Gasteiger partial charge in [0.25, 0.3) is 0 Å². The predicted molar refractivity (Wildman–Crippen MR) is 78.9 cm³/mol. The van der Waals surface area contributed by atoms with Crippen LogP contribution in [-0.4, -0.2) is 63.6 Å². The van der Waals surface area contributed by atoms with E-state index >= 15 is 0 Å². The Balaban J connectivity index is 2.11. The molecule has 0 bridgehead atoms. The molecular weight excluding hydrogens is 300 g/mol. The summed E-state index contributed by atoms with van der Waals surface area (Å²) in [6.07, 6.45) is 2.15. The second-order valence-corrected chi connectivity index (χ2v) is 10.0. The number of rotatable bonds is 4. The molecule has 0 amide bonds. The zero-order valence-corrected chi connectivity index (χ0v) is 13.5. The quantitative estimate of drug-likeness (QED) is 0.785. The largest absolute Gasteiger partial charge is 0.317 e. The van der Waals surface area contributed by atoms with Crippen LogP contribution in [0.3, 0.4) is 0 Å². The van der Waals surface area contributed by atoms with Crippen LogP contribution in [0.1, 0.15) is 32.6 Å². The van der Waals surface area contributed by atoms with Gasteiger partial charge >= 0.3 is 0 Å². The minimum atomic E-state index is -3.38. The maximum absolute atomic E-state index is 12.7. The van der Waals surface area contributed by atoms with Gasteiger partial charge in [-0.1, -0.05) is 6.92 Å². The molecule has 20 heavy (non-hydrogen) atoms. The minimum Gasteiger partial charge on any atom is -0.317 e. The van der Waals surface area contributed by atoms with Gasteiger partial charge in [0.05, 0.1) is 16.8 Å². The van der Waals surface area contributed by atoms with Gasteiger partial charge in [0.1, 0.15) is 9.84 Å². The fourth-order valence-corrected chi connectivity index (χ4v) is 7.09. The molecule has 118 valence electrons. The van der Waals surface area contributed by atoms with E-state index in [1.54, 1.807) is 4.31 Å². The number of piperidine rings is 1. The van der Waals surface area contributed by atoms with Crippen LogP contribution in [0.5, 0.6) is 0 Å². The van der Waals surface area contributed by atoms with Crippen molar-refractivity contribution in [3.8, 4) is 0 Å². The van der Waals surface area contributed by atoms with Crippen LogP contribution in [0.25, 0.3) is 0 Å². The highest BCUT2D eigenvalue weighted by molar-refractivity contribution is 7.92. The van der Waals surface area contributed by atoms with Gasteiger partial charge < -0.3 is 5.32 Å². The Morgan fingerprint density at radius 3 is 2.15 bits per heavy atom. The van der Waals surface area contributed by atoms with E-state index in [9.17, 15) is 16.8 Å². The summed E-state index contributed by atoms with van der Waals surface area (Å²) in [7, 11) is -6.41. The Labute approximate surface area is 121 Å². The molecule has 0 aromatic heterocycles. The third kappa shape index (κ3) is 3.52. The lowest BCUT2D eigenvalue weighted by Gasteiger charge is -2.36. The Morgan fingerprint density at radius 2 is 1.65 bits per heavy atom. The van der Waals surface area contributed by atoms with Gasteiger partial charge in [0.15, 0.2) is 0 Å². The number of sulfonamides is 1. The Morgan fingerprint density at radius 1 is 1.10 bits per heavy atom. The van der Waals surface area contributed by atoms with Crippen molar-refractivity contribution in [1.82, 2.24) is 9.62 Å². The van der Waals surface area contributed by atoms with Crippen molar-refractivity contribution < 1.29 is 16.8 Å². The van der Waals surface area contributed by atoms with Crippen molar-refractivity contribution in [3.63, 3.8) is 0 Å². The lowest BCUT2D eigenvalue weighted by Crippen LogP contribution is -2.50.